The third kappa shape index (κ3) is 7.27. The summed E-state index contributed by atoms with van der Waals surface area (Å²) in [4.78, 5) is 25.4. The van der Waals surface area contributed by atoms with E-state index < -0.39 is 17.6 Å². The molecule has 0 aromatic heterocycles. The van der Waals surface area contributed by atoms with Crippen molar-refractivity contribution in [2.75, 3.05) is 13.2 Å². The molecule has 1 aliphatic heterocycles. The summed E-state index contributed by atoms with van der Waals surface area (Å²) in [6.07, 6.45) is -0.582. The lowest BCUT2D eigenvalue weighted by molar-refractivity contribution is -0.130. The van der Waals surface area contributed by atoms with E-state index in [0.717, 1.165) is 5.56 Å². The first kappa shape index (κ1) is 31.6. The normalized spacial score (nSPS) is 16.7. The number of carbonyl (C=O) groups is 1. The van der Waals surface area contributed by atoms with Crippen molar-refractivity contribution < 1.29 is 19.4 Å². The molecule has 4 aromatic carbocycles. The van der Waals surface area contributed by atoms with Crippen LogP contribution in [-0.2, 0) is 22.5 Å². The fourth-order valence-corrected chi connectivity index (χ4v) is 5.13. The van der Waals surface area contributed by atoms with E-state index in [1.807, 2.05) is 30.3 Å². The molecule has 0 spiro atoms. The Kier molecular flexibility index (Phi) is 10.5. The molecule has 46 heavy (non-hydrogen) atoms. The van der Waals surface area contributed by atoms with Gasteiger partial charge in [0.25, 0.3) is 5.91 Å². The molecule has 232 valence electrons. The summed E-state index contributed by atoms with van der Waals surface area (Å²) in [5.41, 5.74) is 25.9. The van der Waals surface area contributed by atoms with E-state index in [0.29, 0.717) is 47.7 Å². The number of aliphatic hydroxyl groups excluding tert-OH is 1. The monoisotopic (exact) mass is 617 g/mol. The van der Waals surface area contributed by atoms with Crippen LogP contribution in [0.2, 0.25) is 0 Å². The van der Waals surface area contributed by atoms with E-state index in [1.165, 1.54) is 0 Å². The molecule has 0 fully saturated rings. The van der Waals surface area contributed by atoms with Gasteiger partial charge in [-0.2, -0.15) is 0 Å². The Balaban J connectivity index is 1.61. The molecule has 0 aliphatic carbocycles. The van der Waals surface area contributed by atoms with Crippen LogP contribution in [0.1, 0.15) is 34.8 Å². The molecule has 5 rings (SSSR count). The number of carbonyl (C=O) groups excluding carboxylic acids is 1. The third-order valence-electron chi connectivity index (χ3n) is 7.34. The van der Waals surface area contributed by atoms with Crippen molar-refractivity contribution in [3.63, 3.8) is 0 Å². The van der Waals surface area contributed by atoms with E-state index in [4.69, 9.17) is 19.6 Å². The second-order valence-corrected chi connectivity index (χ2v) is 10.3. The van der Waals surface area contributed by atoms with E-state index in [-0.39, 0.29) is 24.6 Å². The number of hydrazine groups is 1. The number of aliphatic imine (C=N–C) groups is 1. The van der Waals surface area contributed by atoms with Crippen LogP contribution in [0.25, 0.3) is 20.9 Å². The highest BCUT2D eigenvalue weighted by atomic mass is 16.5. The molecule has 0 saturated carbocycles. The summed E-state index contributed by atoms with van der Waals surface area (Å²) < 4.78 is 12.2. The molecular weight excluding hydrogens is 586 g/mol. The Bertz CT molecular complexity index is 1790. The number of hydrogen-bond acceptors (Lipinski definition) is 8. The molecule has 0 unspecified atom stereocenters. The maximum atomic E-state index is 14.5. The molecule has 3 N–H and O–H groups in total. The van der Waals surface area contributed by atoms with Crippen LogP contribution in [0, 0.1) is 0 Å². The quantitative estimate of drug-likeness (QED) is 0.0468. The van der Waals surface area contributed by atoms with Crippen LogP contribution >= 0.6 is 0 Å². The van der Waals surface area contributed by atoms with Crippen LogP contribution in [0.3, 0.4) is 0 Å². The molecule has 2 atom stereocenters. The van der Waals surface area contributed by atoms with Crippen LogP contribution < -0.4 is 15.6 Å². The Hall–Kier alpha value is -5.84. The predicted octanol–water partition coefficient (Wildman–Crippen LogP) is 6.65. The van der Waals surface area contributed by atoms with Crippen LogP contribution in [-0.4, -0.2) is 35.7 Å². The number of aliphatic hydroxyl groups is 1. The van der Waals surface area contributed by atoms with Crippen molar-refractivity contribution in [2.45, 2.75) is 31.0 Å². The van der Waals surface area contributed by atoms with Crippen LogP contribution in [0.4, 0.5) is 11.4 Å². The molecule has 1 amide bonds. The first-order valence-electron chi connectivity index (χ1n) is 14.5. The Morgan fingerprint density at radius 2 is 1.59 bits per heavy atom. The maximum absolute atomic E-state index is 14.5. The Labute approximate surface area is 264 Å². The summed E-state index contributed by atoms with van der Waals surface area (Å²) >= 11 is 0. The van der Waals surface area contributed by atoms with Crippen LogP contribution in [0.15, 0.2) is 118 Å². The highest BCUT2D eigenvalue weighted by Crippen LogP contribution is 2.46. The van der Waals surface area contributed by atoms with Gasteiger partial charge in [0.1, 0.15) is 5.75 Å². The number of nitrogens with zero attached hydrogens (tertiary/aromatic N) is 7. The minimum absolute atomic E-state index is 0.0224. The average molecular weight is 618 g/mol. The maximum Gasteiger partial charge on any atom is 0.266 e. The molecular formula is C33H31N9O4. The molecule has 0 saturated heterocycles. The fraction of sp³-hybridized carbons (Fsp3) is 0.212. The fourth-order valence-electron chi connectivity index (χ4n) is 5.13. The molecule has 1 aliphatic rings. The standard InChI is InChI=1S/C33H31N9O4/c34-41-38-28-13-6-4-11-25(28)21-33(32(44)40-36-22-23-9-2-1-3-10-23)30(27-12-5-7-14-29(27)39-42-35)46-31(37-33)24-15-17-26(18-16-24)45-20-8-19-43/h1-7,9-18,30,36,43H,8,19-22H2,(H,40,44)/t30-,33-/m0/s1. The Morgan fingerprint density at radius 3 is 2.33 bits per heavy atom. The lowest BCUT2D eigenvalue weighted by Gasteiger charge is -2.31. The smallest absolute Gasteiger partial charge is 0.266 e. The highest BCUT2D eigenvalue weighted by Gasteiger charge is 2.54. The summed E-state index contributed by atoms with van der Waals surface area (Å²) in [7, 11) is 0. The highest BCUT2D eigenvalue weighted by molar-refractivity contribution is 6.01. The first-order chi connectivity index (χ1) is 22.6. The van der Waals surface area contributed by atoms with Gasteiger partial charge in [0.2, 0.25) is 5.90 Å². The summed E-state index contributed by atoms with van der Waals surface area (Å²) in [5.74, 6) is 0.263. The van der Waals surface area contributed by atoms with E-state index in [2.05, 4.69) is 30.9 Å². The minimum Gasteiger partial charge on any atom is -0.494 e. The van der Waals surface area contributed by atoms with E-state index >= 15 is 0 Å². The number of ether oxygens (including phenoxy) is 2. The number of hydrogen-bond donors (Lipinski definition) is 3. The molecule has 4 aromatic rings. The van der Waals surface area contributed by atoms with Gasteiger partial charge in [-0.05, 0) is 46.5 Å². The van der Waals surface area contributed by atoms with E-state index in [1.54, 1.807) is 72.8 Å². The van der Waals surface area contributed by atoms with Crippen molar-refractivity contribution >= 4 is 23.2 Å². The number of rotatable bonds is 14. The molecule has 13 heteroatoms. The molecule has 0 bridgehead atoms. The lowest BCUT2D eigenvalue weighted by atomic mass is 9.81. The Morgan fingerprint density at radius 1 is 0.913 bits per heavy atom. The zero-order chi connectivity index (χ0) is 32.2. The van der Waals surface area contributed by atoms with Gasteiger partial charge in [0.05, 0.1) is 6.61 Å². The number of azide groups is 2. The van der Waals surface area contributed by atoms with Gasteiger partial charge in [-0.3, -0.25) is 10.2 Å². The summed E-state index contributed by atoms with van der Waals surface area (Å²) in [6.45, 7) is 0.719. The largest absolute Gasteiger partial charge is 0.494 e. The van der Waals surface area contributed by atoms with Gasteiger partial charge in [0.15, 0.2) is 11.6 Å². The lowest BCUT2D eigenvalue weighted by Crippen LogP contribution is -2.53. The van der Waals surface area contributed by atoms with Crippen molar-refractivity contribution in [1.82, 2.24) is 10.9 Å². The van der Waals surface area contributed by atoms with E-state index in [9.17, 15) is 15.9 Å². The van der Waals surface area contributed by atoms with Gasteiger partial charge in [-0.25, -0.2) is 10.4 Å². The van der Waals surface area contributed by atoms with Gasteiger partial charge in [-0.1, -0.05) is 89.1 Å². The SMILES string of the molecule is [N-]=[N+]=Nc1ccccc1C[C@]1(C(=O)NNCc2ccccc2)N=C(c2ccc(OCCCO)cc2)O[C@H]1c1ccccc1N=[N+]=[N-]. The number of nitrogens with one attached hydrogen (secondary N) is 2. The first-order valence-corrected chi connectivity index (χ1v) is 14.5. The van der Waals surface area contributed by atoms with Gasteiger partial charge in [-0.15, -0.1) is 0 Å². The summed E-state index contributed by atoms with van der Waals surface area (Å²) in [6, 6.07) is 30.4. The second kappa shape index (κ2) is 15.2. The molecule has 1 heterocycles. The molecule has 0 radical (unpaired) electrons. The number of benzene rings is 4. The minimum atomic E-state index is -1.66. The van der Waals surface area contributed by atoms with Crippen molar-refractivity contribution in [2.24, 2.45) is 15.2 Å². The summed E-state index contributed by atoms with van der Waals surface area (Å²) in [5, 5.41) is 16.8. The molecule has 13 nitrogen and oxygen atoms in total. The van der Waals surface area contributed by atoms with Crippen molar-refractivity contribution in [3.8, 4) is 5.75 Å². The van der Waals surface area contributed by atoms with Gasteiger partial charge < -0.3 is 14.6 Å². The van der Waals surface area contributed by atoms with Crippen molar-refractivity contribution in [1.29, 1.82) is 0 Å². The number of amides is 1. The average Bonchev–Trinajstić information content (AvgIpc) is 3.47. The zero-order valence-electron chi connectivity index (χ0n) is 24.7. The third-order valence-corrected chi connectivity index (χ3v) is 7.34. The van der Waals surface area contributed by atoms with Gasteiger partial charge in [0, 0.05) is 58.3 Å². The predicted molar refractivity (Wildman–Crippen MR) is 172 cm³/mol. The topological polar surface area (TPSA) is 190 Å². The van der Waals surface area contributed by atoms with Gasteiger partial charge >= 0.3 is 0 Å². The zero-order valence-corrected chi connectivity index (χ0v) is 24.7. The van der Waals surface area contributed by atoms with Crippen molar-refractivity contribution in [3.05, 3.63) is 146 Å². The van der Waals surface area contributed by atoms with Crippen LogP contribution in [0.5, 0.6) is 5.75 Å². The second-order valence-electron chi connectivity index (χ2n) is 10.3.